The highest BCUT2D eigenvalue weighted by Crippen LogP contribution is 2.43. The zero-order valence-electron chi connectivity index (χ0n) is 13.5. The quantitative estimate of drug-likeness (QED) is 0.691. The fraction of sp³-hybridized carbons (Fsp3) is 0.211. The van der Waals surface area contributed by atoms with Gasteiger partial charge in [0, 0.05) is 35.7 Å². The SMILES string of the molecule is NC[C@@H]1Cc2cc(F)cc(-c3ccnc4c(C(F)(F)F)cccc34)c2O1. The number of pyridine rings is 1. The molecule has 1 aliphatic rings. The number of hydrogen-bond donors (Lipinski definition) is 1. The van der Waals surface area contributed by atoms with Crippen molar-refractivity contribution in [1.82, 2.24) is 4.98 Å². The van der Waals surface area contributed by atoms with Crippen LogP contribution < -0.4 is 10.5 Å². The molecule has 3 aromatic rings. The molecule has 2 N–H and O–H groups in total. The number of para-hydroxylation sites is 1. The summed E-state index contributed by atoms with van der Waals surface area (Å²) in [6, 6.07) is 8.05. The lowest BCUT2D eigenvalue weighted by molar-refractivity contribution is -0.136. The van der Waals surface area contributed by atoms with Gasteiger partial charge in [-0.15, -0.1) is 0 Å². The molecule has 0 fully saturated rings. The molecule has 0 radical (unpaired) electrons. The van der Waals surface area contributed by atoms with Gasteiger partial charge < -0.3 is 10.5 Å². The monoisotopic (exact) mass is 362 g/mol. The molecule has 26 heavy (non-hydrogen) atoms. The van der Waals surface area contributed by atoms with E-state index in [2.05, 4.69) is 4.98 Å². The van der Waals surface area contributed by atoms with Crippen molar-refractivity contribution in [2.75, 3.05) is 6.54 Å². The third-order valence-electron chi connectivity index (χ3n) is 4.49. The molecule has 1 aromatic heterocycles. The Morgan fingerprint density at radius 1 is 1.15 bits per heavy atom. The first-order chi connectivity index (χ1) is 12.4. The van der Waals surface area contributed by atoms with Crippen LogP contribution in [-0.4, -0.2) is 17.6 Å². The lowest BCUT2D eigenvalue weighted by atomic mass is 9.96. The van der Waals surface area contributed by atoms with E-state index in [1.54, 1.807) is 12.1 Å². The summed E-state index contributed by atoms with van der Waals surface area (Å²) in [5.74, 6) is -0.0104. The van der Waals surface area contributed by atoms with Gasteiger partial charge in [-0.05, 0) is 29.8 Å². The van der Waals surface area contributed by atoms with Gasteiger partial charge in [0.2, 0.25) is 0 Å². The van der Waals surface area contributed by atoms with Gasteiger partial charge in [0.15, 0.2) is 0 Å². The van der Waals surface area contributed by atoms with E-state index in [9.17, 15) is 17.6 Å². The molecule has 0 saturated carbocycles. The van der Waals surface area contributed by atoms with Gasteiger partial charge in [-0.25, -0.2) is 4.39 Å². The van der Waals surface area contributed by atoms with E-state index in [1.165, 1.54) is 24.4 Å². The summed E-state index contributed by atoms with van der Waals surface area (Å²) in [4.78, 5) is 3.91. The van der Waals surface area contributed by atoms with Crippen molar-refractivity contribution >= 4 is 10.9 Å². The second-order valence-electron chi connectivity index (χ2n) is 6.18. The minimum atomic E-state index is -4.53. The summed E-state index contributed by atoms with van der Waals surface area (Å²) in [6.45, 7) is 0.269. The van der Waals surface area contributed by atoms with Crippen molar-refractivity contribution < 1.29 is 22.3 Å². The predicted octanol–water partition coefficient (Wildman–Crippen LogP) is 4.32. The van der Waals surface area contributed by atoms with E-state index >= 15 is 0 Å². The van der Waals surface area contributed by atoms with Gasteiger partial charge in [-0.3, -0.25) is 4.98 Å². The normalized spacial score (nSPS) is 16.6. The molecule has 0 spiro atoms. The van der Waals surface area contributed by atoms with Gasteiger partial charge in [0.25, 0.3) is 0 Å². The maximum Gasteiger partial charge on any atom is 0.418 e. The van der Waals surface area contributed by atoms with Crippen molar-refractivity contribution in [2.45, 2.75) is 18.7 Å². The van der Waals surface area contributed by atoms with Gasteiger partial charge >= 0.3 is 6.18 Å². The van der Waals surface area contributed by atoms with Crippen molar-refractivity contribution in [3.05, 3.63) is 59.5 Å². The highest BCUT2D eigenvalue weighted by Gasteiger charge is 2.34. The number of ether oxygens (including phenoxy) is 1. The van der Waals surface area contributed by atoms with E-state index in [0.717, 1.165) is 6.07 Å². The van der Waals surface area contributed by atoms with Crippen LogP contribution in [0.3, 0.4) is 0 Å². The Morgan fingerprint density at radius 3 is 2.69 bits per heavy atom. The first-order valence-electron chi connectivity index (χ1n) is 8.03. The molecule has 3 nitrogen and oxygen atoms in total. The number of rotatable bonds is 2. The third kappa shape index (κ3) is 2.68. The van der Waals surface area contributed by atoms with Crippen LogP contribution in [0, 0.1) is 5.82 Å². The topological polar surface area (TPSA) is 48.1 Å². The highest BCUT2D eigenvalue weighted by atomic mass is 19.4. The Bertz CT molecular complexity index is 1000. The number of hydrogen-bond acceptors (Lipinski definition) is 3. The Kier molecular flexibility index (Phi) is 3.84. The lowest BCUT2D eigenvalue weighted by Crippen LogP contribution is -2.24. The Balaban J connectivity index is 1.98. The number of halogens is 4. The van der Waals surface area contributed by atoms with Crippen LogP contribution in [0.1, 0.15) is 11.1 Å². The zero-order valence-corrected chi connectivity index (χ0v) is 13.5. The highest BCUT2D eigenvalue weighted by molar-refractivity contribution is 5.97. The van der Waals surface area contributed by atoms with Crippen LogP contribution in [0.5, 0.6) is 5.75 Å². The third-order valence-corrected chi connectivity index (χ3v) is 4.49. The molecule has 0 saturated heterocycles. The predicted molar refractivity (Wildman–Crippen MR) is 89.3 cm³/mol. The van der Waals surface area contributed by atoms with E-state index in [-0.39, 0.29) is 23.6 Å². The summed E-state index contributed by atoms with van der Waals surface area (Å²) in [5.41, 5.74) is 6.14. The lowest BCUT2D eigenvalue weighted by Gasteiger charge is -2.15. The molecular formula is C19H14F4N2O. The molecule has 0 amide bonds. The fourth-order valence-corrected chi connectivity index (χ4v) is 3.37. The standard InChI is InChI=1S/C19H14F4N2O/c20-11-6-10-7-12(9-24)26-18(10)15(8-11)13-4-5-25-17-14(13)2-1-3-16(17)19(21,22)23/h1-6,8,12H,7,9,24H2/t12-/m0/s1. The maximum atomic E-state index is 14.1. The summed E-state index contributed by atoms with van der Waals surface area (Å²) in [6.07, 6.45) is -3.05. The molecular weight excluding hydrogens is 348 g/mol. The Hall–Kier alpha value is -2.67. The minimum Gasteiger partial charge on any atom is -0.488 e. The van der Waals surface area contributed by atoms with Crippen molar-refractivity contribution in [3.63, 3.8) is 0 Å². The molecule has 4 rings (SSSR count). The molecule has 2 aromatic carbocycles. The summed E-state index contributed by atoms with van der Waals surface area (Å²) in [5, 5.41) is 0.287. The molecule has 1 atom stereocenters. The average Bonchev–Trinajstić information content (AvgIpc) is 3.02. The van der Waals surface area contributed by atoms with E-state index in [4.69, 9.17) is 10.5 Å². The van der Waals surface area contributed by atoms with Crippen LogP contribution in [0.15, 0.2) is 42.6 Å². The van der Waals surface area contributed by atoms with E-state index < -0.39 is 17.6 Å². The number of alkyl halides is 3. The van der Waals surface area contributed by atoms with Crippen LogP contribution in [0.4, 0.5) is 17.6 Å². The molecule has 0 aliphatic carbocycles. The van der Waals surface area contributed by atoms with Crippen LogP contribution in [0.2, 0.25) is 0 Å². The van der Waals surface area contributed by atoms with Gasteiger partial charge in [0.05, 0.1) is 11.1 Å². The van der Waals surface area contributed by atoms with Crippen molar-refractivity contribution in [1.29, 1.82) is 0 Å². The van der Waals surface area contributed by atoms with Crippen LogP contribution in [0.25, 0.3) is 22.0 Å². The second kappa shape index (κ2) is 5.95. The smallest absolute Gasteiger partial charge is 0.418 e. The molecule has 2 heterocycles. The van der Waals surface area contributed by atoms with E-state index in [1.807, 2.05) is 0 Å². The number of aromatic nitrogens is 1. The van der Waals surface area contributed by atoms with Gasteiger partial charge in [-0.1, -0.05) is 12.1 Å². The number of nitrogens with two attached hydrogens (primary N) is 1. The summed E-state index contributed by atoms with van der Waals surface area (Å²) >= 11 is 0. The van der Waals surface area contributed by atoms with Crippen LogP contribution in [-0.2, 0) is 12.6 Å². The van der Waals surface area contributed by atoms with Crippen molar-refractivity contribution in [3.8, 4) is 16.9 Å². The van der Waals surface area contributed by atoms with Crippen LogP contribution >= 0.6 is 0 Å². The number of nitrogens with zero attached hydrogens (tertiary/aromatic N) is 1. The van der Waals surface area contributed by atoms with E-state index in [0.29, 0.717) is 28.9 Å². The Labute approximate surface area is 146 Å². The van der Waals surface area contributed by atoms with Crippen molar-refractivity contribution in [2.24, 2.45) is 5.73 Å². The Morgan fingerprint density at radius 2 is 1.96 bits per heavy atom. The average molecular weight is 362 g/mol. The number of benzene rings is 2. The van der Waals surface area contributed by atoms with Gasteiger partial charge in [-0.2, -0.15) is 13.2 Å². The minimum absolute atomic E-state index is 0.177. The molecule has 0 bridgehead atoms. The first-order valence-corrected chi connectivity index (χ1v) is 8.03. The second-order valence-corrected chi connectivity index (χ2v) is 6.18. The largest absolute Gasteiger partial charge is 0.488 e. The first kappa shape index (κ1) is 16.8. The summed E-state index contributed by atoms with van der Waals surface area (Å²) < 4.78 is 59.8. The molecule has 1 aliphatic heterocycles. The van der Waals surface area contributed by atoms with Gasteiger partial charge in [0.1, 0.15) is 17.7 Å². The fourth-order valence-electron chi connectivity index (χ4n) is 3.37. The molecule has 7 heteroatoms. The summed E-state index contributed by atoms with van der Waals surface area (Å²) in [7, 11) is 0. The zero-order chi connectivity index (χ0) is 18.5. The number of fused-ring (bicyclic) bond motifs is 2. The maximum absolute atomic E-state index is 14.1. The molecule has 134 valence electrons. The molecule has 0 unspecified atom stereocenters.